The Labute approximate surface area is 145 Å². The topological polar surface area (TPSA) is 52.7 Å². The van der Waals surface area contributed by atoms with Crippen LogP contribution in [0.15, 0.2) is 12.2 Å². The highest BCUT2D eigenvalue weighted by atomic mass is 16.2. The summed E-state index contributed by atoms with van der Waals surface area (Å²) in [5.41, 5.74) is 0. The van der Waals surface area contributed by atoms with Crippen LogP contribution in [0.4, 0.5) is 4.79 Å². The van der Waals surface area contributed by atoms with Gasteiger partial charge in [0.15, 0.2) is 0 Å². The lowest BCUT2D eigenvalue weighted by Crippen LogP contribution is -2.50. The molecule has 3 aliphatic rings. The number of nitrogens with one attached hydrogen (secondary N) is 1. The first-order chi connectivity index (χ1) is 11.6. The summed E-state index contributed by atoms with van der Waals surface area (Å²) in [6.07, 6.45) is 14.0. The molecule has 0 aromatic rings. The highest BCUT2D eigenvalue weighted by Gasteiger charge is 2.34. The Balaban J connectivity index is 1.53. The lowest BCUT2D eigenvalue weighted by Gasteiger charge is -2.42. The molecule has 3 rings (SSSR count). The highest BCUT2D eigenvalue weighted by Crippen LogP contribution is 2.30. The molecule has 1 heterocycles. The molecule has 134 valence electrons. The van der Waals surface area contributed by atoms with Crippen molar-refractivity contribution in [2.24, 2.45) is 0 Å². The number of amides is 3. The molecule has 0 aromatic carbocycles. The quantitative estimate of drug-likeness (QED) is 0.807. The van der Waals surface area contributed by atoms with E-state index in [2.05, 4.69) is 22.4 Å². The van der Waals surface area contributed by atoms with Crippen LogP contribution in [0.2, 0.25) is 0 Å². The van der Waals surface area contributed by atoms with Gasteiger partial charge in [-0.2, -0.15) is 0 Å². The standard InChI is InChI=1S/C19H31N3O2/c1-15(23)22(17-9-5-10-17)18-11-6-13-21(14-12-18)19(24)20-16-7-3-2-4-8-16/h3,7,16-18H,2,4-6,8-14H2,1H3,(H,20,24)/t16-,18-/m0/s1. The van der Waals surface area contributed by atoms with Gasteiger partial charge in [-0.15, -0.1) is 0 Å². The normalized spacial score (nSPS) is 28.0. The molecule has 1 saturated heterocycles. The minimum Gasteiger partial charge on any atom is -0.337 e. The second kappa shape index (κ2) is 8.04. The number of nitrogens with zero attached hydrogens (tertiary/aromatic N) is 2. The molecule has 24 heavy (non-hydrogen) atoms. The Morgan fingerprint density at radius 2 is 1.75 bits per heavy atom. The molecule has 2 atom stereocenters. The molecule has 5 nitrogen and oxygen atoms in total. The predicted octanol–water partition coefficient (Wildman–Crippen LogP) is 3.06. The number of likely N-dealkylation sites (tertiary alicyclic amines) is 1. The van der Waals surface area contributed by atoms with Crippen LogP contribution in [0.25, 0.3) is 0 Å². The number of rotatable bonds is 3. The molecule has 0 bridgehead atoms. The maximum Gasteiger partial charge on any atom is 0.317 e. The maximum atomic E-state index is 12.5. The Morgan fingerprint density at radius 1 is 1.00 bits per heavy atom. The number of allylic oxidation sites excluding steroid dienone is 1. The van der Waals surface area contributed by atoms with E-state index in [1.807, 2.05) is 4.90 Å². The van der Waals surface area contributed by atoms with Crippen molar-refractivity contribution >= 4 is 11.9 Å². The molecule has 3 amide bonds. The zero-order valence-electron chi connectivity index (χ0n) is 14.9. The summed E-state index contributed by atoms with van der Waals surface area (Å²) in [5.74, 6) is 0.204. The van der Waals surface area contributed by atoms with Crippen LogP contribution in [-0.4, -0.2) is 53.0 Å². The molecule has 2 fully saturated rings. The molecular formula is C19H31N3O2. The molecular weight excluding hydrogens is 302 g/mol. The minimum absolute atomic E-state index is 0.0604. The number of hydrogen-bond donors (Lipinski definition) is 1. The summed E-state index contributed by atoms with van der Waals surface area (Å²) in [6.45, 7) is 3.25. The molecule has 1 saturated carbocycles. The summed E-state index contributed by atoms with van der Waals surface area (Å²) in [7, 11) is 0. The van der Waals surface area contributed by atoms with Gasteiger partial charge in [0.05, 0.1) is 0 Å². The van der Waals surface area contributed by atoms with E-state index in [0.29, 0.717) is 12.1 Å². The SMILES string of the molecule is CC(=O)N(C1CCC1)[C@H]1CCCN(C(=O)N[C@H]2C=CCCC2)CC1. The average Bonchev–Trinajstić information content (AvgIpc) is 2.77. The van der Waals surface area contributed by atoms with Crippen molar-refractivity contribution in [3.63, 3.8) is 0 Å². The van der Waals surface area contributed by atoms with Gasteiger partial charge >= 0.3 is 6.03 Å². The third kappa shape index (κ3) is 4.11. The van der Waals surface area contributed by atoms with Crippen LogP contribution in [0, 0.1) is 0 Å². The Morgan fingerprint density at radius 3 is 2.38 bits per heavy atom. The van der Waals surface area contributed by atoms with Gasteiger partial charge in [-0.3, -0.25) is 4.79 Å². The fourth-order valence-electron chi connectivity index (χ4n) is 4.22. The van der Waals surface area contributed by atoms with Crippen molar-refractivity contribution in [3.05, 3.63) is 12.2 Å². The van der Waals surface area contributed by atoms with Crippen LogP contribution < -0.4 is 5.32 Å². The van der Waals surface area contributed by atoms with Gasteiger partial charge in [0.2, 0.25) is 5.91 Å². The smallest absolute Gasteiger partial charge is 0.317 e. The Kier molecular flexibility index (Phi) is 5.80. The van der Waals surface area contributed by atoms with Gasteiger partial charge in [0.25, 0.3) is 0 Å². The van der Waals surface area contributed by atoms with E-state index in [9.17, 15) is 9.59 Å². The second-order valence-electron chi connectivity index (χ2n) is 7.50. The zero-order chi connectivity index (χ0) is 16.9. The van der Waals surface area contributed by atoms with E-state index in [1.54, 1.807) is 6.92 Å². The third-order valence-corrected chi connectivity index (χ3v) is 5.77. The fraction of sp³-hybridized carbons (Fsp3) is 0.789. The zero-order valence-corrected chi connectivity index (χ0v) is 14.9. The number of carbonyl (C=O) groups is 2. The Hall–Kier alpha value is -1.52. The number of urea groups is 1. The molecule has 1 N–H and O–H groups in total. The van der Waals surface area contributed by atoms with Gasteiger partial charge in [0, 0.05) is 38.1 Å². The summed E-state index contributed by atoms with van der Waals surface area (Å²) >= 11 is 0. The minimum atomic E-state index is 0.0604. The van der Waals surface area contributed by atoms with Crippen LogP contribution in [0.5, 0.6) is 0 Å². The lowest BCUT2D eigenvalue weighted by atomic mass is 9.89. The molecule has 0 aromatic heterocycles. The summed E-state index contributed by atoms with van der Waals surface area (Å²) in [6, 6.07) is 1.000. The van der Waals surface area contributed by atoms with E-state index in [4.69, 9.17) is 0 Å². The van der Waals surface area contributed by atoms with E-state index < -0.39 is 0 Å². The largest absolute Gasteiger partial charge is 0.337 e. The lowest BCUT2D eigenvalue weighted by molar-refractivity contribution is -0.136. The van der Waals surface area contributed by atoms with Crippen LogP contribution >= 0.6 is 0 Å². The predicted molar refractivity (Wildman–Crippen MR) is 94.7 cm³/mol. The number of carbonyl (C=O) groups excluding carboxylic acids is 2. The first-order valence-electron chi connectivity index (χ1n) is 9.66. The monoisotopic (exact) mass is 333 g/mol. The third-order valence-electron chi connectivity index (χ3n) is 5.77. The van der Waals surface area contributed by atoms with E-state index in [1.165, 1.54) is 6.42 Å². The van der Waals surface area contributed by atoms with Crippen LogP contribution in [0.1, 0.15) is 64.7 Å². The van der Waals surface area contributed by atoms with Gasteiger partial charge in [-0.05, 0) is 57.8 Å². The van der Waals surface area contributed by atoms with Gasteiger partial charge in [-0.1, -0.05) is 12.2 Å². The molecule has 0 unspecified atom stereocenters. The summed E-state index contributed by atoms with van der Waals surface area (Å²) < 4.78 is 0. The average molecular weight is 333 g/mol. The van der Waals surface area contributed by atoms with Crippen molar-refractivity contribution in [1.29, 1.82) is 0 Å². The van der Waals surface area contributed by atoms with E-state index >= 15 is 0 Å². The molecule has 1 aliphatic heterocycles. The molecule has 0 radical (unpaired) electrons. The maximum absolute atomic E-state index is 12.5. The van der Waals surface area contributed by atoms with E-state index in [0.717, 1.165) is 64.5 Å². The van der Waals surface area contributed by atoms with Crippen molar-refractivity contribution in [3.8, 4) is 0 Å². The second-order valence-corrected chi connectivity index (χ2v) is 7.50. The summed E-state index contributed by atoms with van der Waals surface area (Å²) in [5, 5.41) is 3.15. The van der Waals surface area contributed by atoms with E-state index in [-0.39, 0.29) is 18.0 Å². The van der Waals surface area contributed by atoms with Gasteiger partial charge in [0.1, 0.15) is 0 Å². The number of hydrogen-bond acceptors (Lipinski definition) is 2. The van der Waals surface area contributed by atoms with Gasteiger partial charge in [-0.25, -0.2) is 4.79 Å². The molecule has 5 heteroatoms. The molecule has 0 spiro atoms. The summed E-state index contributed by atoms with van der Waals surface area (Å²) in [4.78, 5) is 28.7. The molecule has 2 aliphatic carbocycles. The first-order valence-corrected chi connectivity index (χ1v) is 9.66. The van der Waals surface area contributed by atoms with Crippen molar-refractivity contribution in [1.82, 2.24) is 15.1 Å². The van der Waals surface area contributed by atoms with Crippen molar-refractivity contribution in [2.75, 3.05) is 13.1 Å². The Bertz CT molecular complexity index is 487. The van der Waals surface area contributed by atoms with Crippen molar-refractivity contribution in [2.45, 2.75) is 82.8 Å². The van der Waals surface area contributed by atoms with Crippen molar-refractivity contribution < 1.29 is 9.59 Å². The van der Waals surface area contributed by atoms with Gasteiger partial charge < -0.3 is 15.1 Å². The highest BCUT2D eigenvalue weighted by molar-refractivity contribution is 5.75. The fourth-order valence-corrected chi connectivity index (χ4v) is 4.22. The van der Waals surface area contributed by atoms with Crippen LogP contribution in [-0.2, 0) is 4.79 Å². The first kappa shape index (κ1) is 17.3. The van der Waals surface area contributed by atoms with Crippen LogP contribution in [0.3, 0.4) is 0 Å².